The van der Waals surface area contributed by atoms with E-state index in [9.17, 15) is 14.4 Å². The summed E-state index contributed by atoms with van der Waals surface area (Å²) in [5, 5.41) is 1.08. The maximum absolute atomic E-state index is 13.1. The molecule has 0 saturated heterocycles. The molecule has 1 aliphatic heterocycles. The highest BCUT2D eigenvalue weighted by Crippen LogP contribution is 2.28. The van der Waals surface area contributed by atoms with Gasteiger partial charge in [-0.25, -0.2) is 9.78 Å². The van der Waals surface area contributed by atoms with Crippen LogP contribution in [0.15, 0.2) is 73.1 Å². The fourth-order valence-corrected chi connectivity index (χ4v) is 3.55. The van der Waals surface area contributed by atoms with Crippen molar-refractivity contribution in [2.45, 2.75) is 6.92 Å². The van der Waals surface area contributed by atoms with E-state index >= 15 is 0 Å². The Morgan fingerprint density at radius 3 is 2.35 bits per heavy atom. The van der Waals surface area contributed by atoms with Gasteiger partial charge in [0.15, 0.2) is 0 Å². The summed E-state index contributed by atoms with van der Waals surface area (Å²) in [6.07, 6.45) is 3.28. The molecule has 0 aliphatic carbocycles. The first kappa shape index (κ1) is 18.6. The van der Waals surface area contributed by atoms with Crippen LogP contribution in [0.5, 0.6) is 0 Å². The van der Waals surface area contributed by atoms with Crippen LogP contribution in [0, 0.1) is 6.92 Å². The Labute approximate surface area is 176 Å². The van der Waals surface area contributed by atoms with E-state index in [4.69, 9.17) is 4.84 Å². The van der Waals surface area contributed by atoms with Crippen LogP contribution in [0.3, 0.4) is 0 Å². The van der Waals surface area contributed by atoms with Gasteiger partial charge in [-0.2, -0.15) is 0 Å². The van der Waals surface area contributed by atoms with Crippen molar-refractivity contribution in [2.75, 3.05) is 0 Å². The Bertz CT molecular complexity index is 1350. The van der Waals surface area contributed by atoms with Crippen LogP contribution in [-0.4, -0.2) is 32.8 Å². The highest BCUT2D eigenvalue weighted by Gasteiger charge is 2.39. The molecular formula is C24H15N3O4. The Morgan fingerprint density at radius 1 is 0.935 bits per heavy atom. The predicted octanol–water partition coefficient (Wildman–Crippen LogP) is 3.97. The van der Waals surface area contributed by atoms with E-state index in [1.165, 1.54) is 12.1 Å². The normalized spacial score (nSPS) is 12.9. The van der Waals surface area contributed by atoms with Crippen LogP contribution < -0.4 is 0 Å². The summed E-state index contributed by atoms with van der Waals surface area (Å²) in [4.78, 5) is 52.3. The molecular weight excluding hydrogens is 394 g/mol. The van der Waals surface area contributed by atoms with Crippen molar-refractivity contribution in [1.29, 1.82) is 0 Å². The lowest BCUT2D eigenvalue weighted by molar-refractivity contribution is -0.0583. The van der Waals surface area contributed by atoms with Gasteiger partial charge in [0.05, 0.1) is 27.9 Å². The largest absolute Gasteiger partial charge is 0.364 e. The lowest BCUT2D eigenvalue weighted by Crippen LogP contribution is -2.32. The van der Waals surface area contributed by atoms with Crippen molar-refractivity contribution in [3.05, 3.63) is 95.3 Å². The van der Waals surface area contributed by atoms with E-state index in [2.05, 4.69) is 9.97 Å². The Kier molecular flexibility index (Phi) is 4.29. The first-order valence-corrected chi connectivity index (χ1v) is 9.55. The number of carbonyl (C=O) groups excluding carboxylic acids is 3. The lowest BCUT2D eigenvalue weighted by Gasteiger charge is -2.15. The summed E-state index contributed by atoms with van der Waals surface area (Å²) in [6.45, 7) is 1.90. The van der Waals surface area contributed by atoms with Crippen molar-refractivity contribution >= 4 is 28.7 Å². The Morgan fingerprint density at radius 2 is 1.68 bits per heavy atom. The fourth-order valence-electron chi connectivity index (χ4n) is 3.55. The minimum atomic E-state index is -0.822. The molecule has 2 amide bonds. The van der Waals surface area contributed by atoms with Crippen molar-refractivity contribution in [3.8, 4) is 11.3 Å². The fraction of sp³-hybridized carbons (Fsp3) is 0.0417. The molecule has 0 bridgehead atoms. The summed E-state index contributed by atoms with van der Waals surface area (Å²) in [5.74, 6) is -2.16. The first-order chi connectivity index (χ1) is 15.0. The molecule has 31 heavy (non-hydrogen) atoms. The topological polar surface area (TPSA) is 89.5 Å². The third-order valence-corrected chi connectivity index (χ3v) is 5.07. The molecule has 2 aromatic carbocycles. The average molecular weight is 409 g/mol. The third kappa shape index (κ3) is 3.12. The van der Waals surface area contributed by atoms with Crippen molar-refractivity contribution in [3.63, 3.8) is 0 Å². The monoisotopic (exact) mass is 409 g/mol. The predicted molar refractivity (Wildman–Crippen MR) is 112 cm³/mol. The number of amides is 2. The molecule has 7 heteroatoms. The van der Waals surface area contributed by atoms with Gasteiger partial charge in [0.1, 0.15) is 0 Å². The van der Waals surface area contributed by atoms with Gasteiger partial charge in [0.2, 0.25) is 0 Å². The van der Waals surface area contributed by atoms with Crippen LogP contribution >= 0.6 is 0 Å². The standard InChI is InChI=1S/C24H15N3O4/c1-14-8-9-20-18(11-14)19(12-21(26-20)15-5-4-10-25-13-15)24(30)31-27-22(28)16-6-2-3-7-17(16)23(27)29/h2-13H,1H3. The number of rotatable bonds is 3. The highest BCUT2D eigenvalue weighted by molar-refractivity contribution is 6.21. The molecule has 0 unspecified atom stereocenters. The van der Waals surface area contributed by atoms with Gasteiger partial charge >= 0.3 is 5.97 Å². The van der Waals surface area contributed by atoms with E-state index in [-0.39, 0.29) is 16.7 Å². The second kappa shape index (κ2) is 7.14. The second-order valence-electron chi connectivity index (χ2n) is 7.15. The molecule has 150 valence electrons. The molecule has 2 aromatic heterocycles. The number of benzene rings is 2. The molecule has 0 fully saturated rings. The molecule has 3 heterocycles. The smallest absolute Gasteiger partial charge is 0.324 e. The third-order valence-electron chi connectivity index (χ3n) is 5.07. The molecule has 5 rings (SSSR count). The minimum Gasteiger partial charge on any atom is -0.324 e. The summed E-state index contributed by atoms with van der Waals surface area (Å²) >= 11 is 0. The van der Waals surface area contributed by atoms with Gasteiger partial charge in [0, 0.05) is 23.3 Å². The van der Waals surface area contributed by atoms with Gasteiger partial charge in [-0.3, -0.25) is 14.6 Å². The minimum absolute atomic E-state index is 0.198. The van der Waals surface area contributed by atoms with E-state index in [0.717, 1.165) is 11.1 Å². The number of hydrogen-bond donors (Lipinski definition) is 0. The number of hydrogen-bond acceptors (Lipinski definition) is 6. The van der Waals surface area contributed by atoms with E-state index < -0.39 is 17.8 Å². The maximum atomic E-state index is 13.1. The van der Waals surface area contributed by atoms with Crippen LogP contribution in [-0.2, 0) is 4.84 Å². The Balaban J connectivity index is 1.58. The zero-order chi connectivity index (χ0) is 21.5. The van der Waals surface area contributed by atoms with Crippen molar-refractivity contribution in [1.82, 2.24) is 15.0 Å². The number of pyridine rings is 2. The number of aryl methyl sites for hydroxylation is 1. The van der Waals surface area contributed by atoms with Crippen molar-refractivity contribution < 1.29 is 19.2 Å². The van der Waals surface area contributed by atoms with Crippen LogP contribution in [0.4, 0.5) is 0 Å². The van der Waals surface area contributed by atoms with Crippen LogP contribution in [0.2, 0.25) is 0 Å². The number of hydroxylamine groups is 2. The first-order valence-electron chi connectivity index (χ1n) is 9.55. The molecule has 1 aliphatic rings. The van der Waals surface area contributed by atoms with E-state index in [0.29, 0.717) is 21.7 Å². The Hall–Kier alpha value is -4.39. The van der Waals surface area contributed by atoms with Crippen LogP contribution in [0.1, 0.15) is 36.6 Å². The van der Waals surface area contributed by atoms with Crippen LogP contribution in [0.25, 0.3) is 22.2 Å². The van der Waals surface area contributed by atoms with Gasteiger partial charge < -0.3 is 4.84 Å². The SMILES string of the molecule is Cc1ccc2nc(-c3cccnc3)cc(C(=O)ON3C(=O)c4ccccc4C3=O)c2c1. The summed E-state index contributed by atoms with van der Waals surface area (Å²) < 4.78 is 0. The molecule has 0 atom stereocenters. The summed E-state index contributed by atoms with van der Waals surface area (Å²) in [7, 11) is 0. The highest BCUT2D eigenvalue weighted by atomic mass is 16.7. The number of aromatic nitrogens is 2. The van der Waals surface area contributed by atoms with Gasteiger partial charge in [-0.15, -0.1) is 0 Å². The number of imide groups is 1. The number of carbonyl (C=O) groups is 3. The van der Waals surface area contributed by atoms with Gasteiger partial charge in [0.25, 0.3) is 11.8 Å². The molecule has 7 nitrogen and oxygen atoms in total. The quantitative estimate of drug-likeness (QED) is 0.476. The molecule has 0 saturated carbocycles. The number of nitrogens with zero attached hydrogens (tertiary/aromatic N) is 3. The van der Waals surface area contributed by atoms with E-state index in [1.807, 2.05) is 31.2 Å². The average Bonchev–Trinajstić information content (AvgIpc) is 3.04. The molecule has 0 radical (unpaired) electrons. The summed E-state index contributed by atoms with van der Waals surface area (Å²) in [6, 6.07) is 17.0. The lowest BCUT2D eigenvalue weighted by atomic mass is 10.0. The van der Waals surface area contributed by atoms with Gasteiger partial charge in [-0.05, 0) is 49.4 Å². The molecule has 4 aromatic rings. The summed E-state index contributed by atoms with van der Waals surface area (Å²) in [5.41, 5.74) is 3.36. The van der Waals surface area contributed by atoms with Crippen molar-refractivity contribution in [2.24, 2.45) is 0 Å². The molecule has 0 spiro atoms. The zero-order valence-corrected chi connectivity index (χ0v) is 16.4. The maximum Gasteiger partial charge on any atom is 0.364 e. The second-order valence-corrected chi connectivity index (χ2v) is 7.15. The van der Waals surface area contributed by atoms with Gasteiger partial charge in [-0.1, -0.05) is 28.8 Å². The van der Waals surface area contributed by atoms with E-state index in [1.54, 1.807) is 36.7 Å². The zero-order valence-electron chi connectivity index (χ0n) is 16.4. The number of fused-ring (bicyclic) bond motifs is 2. The molecule has 0 N–H and O–H groups in total.